The van der Waals surface area contributed by atoms with Gasteiger partial charge in [0.15, 0.2) is 11.5 Å². The second-order valence-electron chi connectivity index (χ2n) is 6.41. The number of fused-ring (bicyclic) bond motifs is 4. The van der Waals surface area contributed by atoms with Crippen molar-refractivity contribution in [2.24, 2.45) is 5.92 Å². The number of benzene rings is 2. The van der Waals surface area contributed by atoms with Crippen molar-refractivity contribution in [1.82, 2.24) is 0 Å². The van der Waals surface area contributed by atoms with Crippen LogP contribution in [0, 0.1) is 11.7 Å². The smallest absolute Gasteiger partial charge is 0.231 e. The predicted molar refractivity (Wildman–Crippen MR) is 93.0 cm³/mol. The Hall–Kier alpha value is -2.01. The molecule has 0 spiro atoms. The molecule has 0 bridgehead atoms. The normalized spacial score (nSPS) is 26.0. The first kappa shape index (κ1) is 14.3. The molecule has 5 heteroatoms. The molecular formula is C19H15BrFNO2. The summed E-state index contributed by atoms with van der Waals surface area (Å²) in [5, 5.41) is 3.44. The molecule has 3 atom stereocenters. The van der Waals surface area contributed by atoms with Crippen LogP contribution in [0.5, 0.6) is 11.5 Å². The van der Waals surface area contributed by atoms with Crippen molar-refractivity contribution in [3.8, 4) is 11.5 Å². The van der Waals surface area contributed by atoms with E-state index in [0.717, 1.165) is 33.5 Å². The van der Waals surface area contributed by atoms with Crippen LogP contribution >= 0.6 is 15.9 Å². The van der Waals surface area contributed by atoms with Gasteiger partial charge >= 0.3 is 0 Å². The molecule has 2 aromatic rings. The van der Waals surface area contributed by atoms with Crippen molar-refractivity contribution in [1.29, 1.82) is 0 Å². The summed E-state index contributed by atoms with van der Waals surface area (Å²) in [5.74, 6) is 1.88. The Labute approximate surface area is 147 Å². The Morgan fingerprint density at radius 1 is 1.12 bits per heavy atom. The molecule has 1 N–H and O–H groups in total. The molecule has 0 unspecified atom stereocenters. The van der Waals surface area contributed by atoms with Gasteiger partial charge in [-0.25, -0.2) is 4.39 Å². The molecule has 2 aromatic carbocycles. The fraction of sp³-hybridized carbons (Fsp3) is 0.263. The fourth-order valence-corrected chi connectivity index (χ4v) is 4.63. The summed E-state index contributed by atoms with van der Waals surface area (Å²) < 4.78 is 26.3. The van der Waals surface area contributed by atoms with E-state index in [2.05, 4.69) is 33.4 Å². The Bertz CT molecular complexity index is 867. The first-order valence-electron chi connectivity index (χ1n) is 8.03. The highest BCUT2D eigenvalue weighted by Crippen LogP contribution is 2.52. The molecule has 2 aliphatic heterocycles. The van der Waals surface area contributed by atoms with Crippen molar-refractivity contribution in [3.63, 3.8) is 0 Å². The molecular weight excluding hydrogens is 373 g/mol. The van der Waals surface area contributed by atoms with Crippen molar-refractivity contribution in [2.45, 2.75) is 18.4 Å². The van der Waals surface area contributed by atoms with Gasteiger partial charge in [0.1, 0.15) is 5.82 Å². The van der Waals surface area contributed by atoms with Crippen LogP contribution in [0.4, 0.5) is 10.1 Å². The van der Waals surface area contributed by atoms with Gasteiger partial charge in [0.2, 0.25) is 6.79 Å². The number of rotatable bonds is 1. The van der Waals surface area contributed by atoms with Crippen molar-refractivity contribution < 1.29 is 13.9 Å². The van der Waals surface area contributed by atoms with E-state index in [4.69, 9.17) is 9.47 Å². The molecule has 0 saturated carbocycles. The van der Waals surface area contributed by atoms with E-state index in [0.29, 0.717) is 11.6 Å². The maximum atomic E-state index is 14.4. The standard InChI is InChI=1S/C19H15BrFNO2/c20-14-8-17-16(23-9-24-17)7-13(14)18-11-4-1-3-10(11)12-5-2-6-15(21)19(12)22-18/h1-3,5-8,10-11,18,22H,4,9H2/t10-,11-,18+/m1/s1. The van der Waals surface area contributed by atoms with E-state index in [9.17, 15) is 4.39 Å². The van der Waals surface area contributed by atoms with E-state index in [1.807, 2.05) is 18.2 Å². The van der Waals surface area contributed by atoms with E-state index in [1.165, 1.54) is 6.07 Å². The Kier molecular flexibility index (Phi) is 3.13. The molecule has 3 nitrogen and oxygen atoms in total. The summed E-state index contributed by atoms with van der Waals surface area (Å²) in [4.78, 5) is 0. The van der Waals surface area contributed by atoms with Crippen LogP contribution in [0.1, 0.15) is 29.5 Å². The molecule has 0 aromatic heterocycles. The molecule has 0 saturated heterocycles. The highest BCUT2D eigenvalue weighted by molar-refractivity contribution is 9.10. The minimum atomic E-state index is -0.201. The third kappa shape index (κ3) is 2.00. The quantitative estimate of drug-likeness (QED) is 0.686. The predicted octanol–water partition coefficient (Wildman–Crippen LogP) is 5.14. The molecule has 24 heavy (non-hydrogen) atoms. The zero-order chi connectivity index (χ0) is 16.3. The van der Waals surface area contributed by atoms with Crippen LogP contribution < -0.4 is 14.8 Å². The van der Waals surface area contributed by atoms with Gasteiger partial charge in [-0.3, -0.25) is 0 Å². The van der Waals surface area contributed by atoms with Crippen molar-refractivity contribution >= 4 is 21.6 Å². The Balaban J connectivity index is 1.64. The SMILES string of the molecule is Fc1cccc2c1N[C@H](c1cc3c(cc1Br)OCO3)[C@@H]1CC=C[C@@H]21. The number of allylic oxidation sites excluding steroid dienone is 2. The molecule has 122 valence electrons. The Morgan fingerprint density at radius 2 is 1.96 bits per heavy atom. The molecule has 0 fully saturated rings. The number of para-hydroxylation sites is 1. The van der Waals surface area contributed by atoms with Crippen molar-refractivity contribution in [2.75, 3.05) is 12.1 Å². The van der Waals surface area contributed by atoms with Crippen LogP contribution in [0.3, 0.4) is 0 Å². The summed E-state index contributed by atoms with van der Waals surface area (Å²) >= 11 is 3.65. The molecule has 1 aliphatic carbocycles. The van der Waals surface area contributed by atoms with E-state index in [-0.39, 0.29) is 24.6 Å². The highest BCUT2D eigenvalue weighted by atomic mass is 79.9. The van der Waals surface area contributed by atoms with Gasteiger partial charge in [-0.15, -0.1) is 0 Å². The highest BCUT2D eigenvalue weighted by Gasteiger charge is 2.40. The second kappa shape index (κ2) is 5.24. The van der Waals surface area contributed by atoms with Crippen LogP contribution in [0.15, 0.2) is 47.0 Å². The third-order valence-corrected chi connectivity index (χ3v) is 5.86. The van der Waals surface area contributed by atoms with Crippen LogP contribution in [0.2, 0.25) is 0 Å². The zero-order valence-electron chi connectivity index (χ0n) is 12.8. The summed E-state index contributed by atoms with van der Waals surface area (Å²) in [6.45, 7) is 0.244. The lowest BCUT2D eigenvalue weighted by Crippen LogP contribution is -2.30. The Morgan fingerprint density at radius 3 is 2.83 bits per heavy atom. The topological polar surface area (TPSA) is 30.5 Å². The lowest BCUT2D eigenvalue weighted by atomic mass is 9.77. The van der Waals surface area contributed by atoms with Gasteiger partial charge in [0, 0.05) is 10.4 Å². The molecule has 2 heterocycles. The monoisotopic (exact) mass is 387 g/mol. The van der Waals surface area contributed by atoms with E-state index in [1.54, 1.807) is 6.07 Å². The largest absolute Gasteiger partial charge is 0.454 e. The van der Waals surface area contributed by atoms with Gasteiger partial charge in [0.25, 0.3) is 0 Å². The lowest BCUT2D eigenvalue weighted by molar-refractivity contribution is 0.174. The average molecular weight is 388 g/mol. The molecule has 3 aliphatic rings. The van der Waals surface area contributed by atoms with E-state index < -0.39 is 0 Å². The fourth-order valence-electron chi connectivity index (χ4n) is 4.06. The average Bonchev–Trinajstić information content (AvgIpc) is 3.22. The summed E-state index contributed by atoms with van der Waals surface area (Å²) in [6, 6.07) is 9.27. The van der Waals surface area contributed by atoms with E-state index >= 15 is 0 Å². The third-order valence-electron chi connectivity index (χ3n) is 5.17. The first-order valence-corrected chi connectivity index (χ1v) is 8.82. The van der Waals surface area contributed by atoms with Gasteiger partial charge < -0.3 is 14.8 Å². The summed E-state index contributed by atoms with van der Waals surface area (Å²) in [7, 11) is 0. The number of nitrogens with one attached hydrogen (secondary N) is 1. The number of anilines is 1. The summed E-state index contributed by atoms with van der Waals surface area (Å²) in [6.07, 6.45) is 5.38. The molecule has 0 radical (unpaired) electrons. The number of hydrogen-bond acceptors (Lipinski definition) is 3. The number of hydrogen-bond donors (Lipinski definition) is 1. The number of halogens is 2. The lowest BCUT2D eigenvalue weighted by Gasteiger charge is -2.38. The molecule has 5 rings (SSSR count). The van der Waals surface area contributed by atoms with Crippen LogP contribution in [0.25, 0.3) is 0 Å². The maximum absolute atomic E-state index is 14.4. The van der Waals surface area contributed by atoms with Gasteiger partial charge in [-0.2, -0.15) is 0 Å². The molecule has 0 amide bonds. The van der Waals surface area contributed by atoms with Gasteiger partial charge in [-0.1, -0.05) is 40.2 Å². The minimum absolute atomic E-state index is 0.0123. The van der Waals surface area contributed by atoms with Crippen LogP contribution in [-0.4, -0.2) is 6.79 Å². The number of ether oxygens (including phenoxy) is 2. The zero-order valence-corrected chi connectivity index (χ0v) is 14.3. The van der Waals surface area contributed by atoms with Gasteiger partial charge in [-0.05, 0) is 41.7 Å². The minimum Gasteiger partial charge on any atom is -0.454 e. The second-order valence-corrected chi connectivity index (χ2v) is 7.26. The van der Waals surface area contributed by atoms with Crippen molar-refractivity contribution in [3.05, 3.63) is 63.9 Å². The maximum Gasteiger partial charge on any atom is 0.231 e. The van der Waals surface area contributed by atoms with Crippen LogP contribution in [-0.2, 0) is 0 Å². The van der Waals surface area contributed by atoms with Gasteiger partial charge in [0.05, 0.1) is 11.7 Å². The summed E-state index contributed by atoms with van der Waals surface area (Å²) in [5.41, 5.74) is 2.73. The first-order chi connectivity index (χ1) is 11.7.